The number of fused-ring (bicyclic) bond motifs is 4. The predicted octanol–water partition coefficient (Wildman–Crippen LogP) is 3.72. The summed E-state index contributed by atoms with van der Waals surface area (Å²) in [6, 6.07) is 0. The lowest BCUT2D eigenvalue weighted by atomic mass is 9.69. The summed E-state index contributed by atoms with van der Waals surface area (Å²) in [6.45, 7) is 0. The molecule has 0 bridgehead atoms. The first-order chi connectivity index (χ1) is 12.2. The molecule has 6 heteroatoms. The molecular weight excluding hydrogens is 357 g/mol. The van der Waals surface area contributed by atoms with Gasteiger partial charge in [0.2, 0.25) is 0 Å². The second-order valence-corrected chi connectivity index (χ2v) is 8.92. The normalized spacial score (nSPS) is 48.6. The Balaban J connectivity index is 1.32. The van der Waals surface area contributed by atoms with Gasteiger partial charge in [0.15, 0.2) is 11.2 Å². The minimum Gasteiger partial charge on any atom is -0.374 e. The third-order valence-electron chi connectivity index (χ3n) is 6.68. The zero-order chi connectivity index (χ0) is 17.0. The summed E-state index contributed by atoms with van der Waals surface area (Å²) in [7, 11) is 0. The fourth-order valence-electron chi connectivity index (χ4n) is 5.51. The van der Waals surface area contributed by atoms with Crippen molar-refractivity contribution in [2.24, 2.45) is 28.7 Å². The van der Waals surface area contributed by atoms with E-state index in [1.807, 2.05) is 0 Å². The molecule has 2 heterocycles. The average Bonchev–Trinajstić information content (AvgIpc) is 2.95. The molecule has 5 aliphatic rings. The highest BCUT2D eigenvalue weighted by Crippen LogP contribution is 2.50. The third kappa shape index (κ3) is 3.05. The highest BCUT2D eigenvalue weighted by molar-refractivity contribution is 6.24. The van der Waals surface area contributed by atoms with Crippen LogP contribution in [0.3, 0.4) is 0 Å². The van der Waals surface area contributed by atoms with Crippen molar-refractivity contribution in [1.29, 1.82) is 0 Å². The van der Waals surface area contributed by atoms with Gasteiger partial charge in [0.1, 0.15) is 5.84 Å². The molecule has 8 unspecified atom stereocenters. The largest absolute Gasteiger partial charge is 0.374 e. The minimum absolute atomic E-state index is 0.344. The number of rotatable bonds is 1. The predicted molar refractivity (Wildman–Crippen MR) is 101 cm³/mol. The van der Waals surface area contributed by atoms with E-state index in [2.05, 4.69) is 33.9 Å². The number of hydrogen-bond donors (Lipinski definition) is 2. The number of nitrogens with one attached hydrogen (secondary N) is 2. The topological polar surface area (TPSA) is 45.6 Å². The fraction of sp³-hybridized carbons (Fsp3) is 0.737. The van der Waals surface area contributed by atoms with E-state index >= 15 is 0 Å². The summed E-state index contributed by atoms with van der Waals surface area (Å²) in [6.07, 6.45) is 15.1. The maximum Gasteiger partial charge on any atom is 0.180 e. The smallest absolute Gasteiger partial charge is 0.180 e. The number of alkyl halides is 2. The Labute approximate surface area is 159 Å². The maximum absolute atomic E-state index is 6.56. The molecule has 3 aliphatic carbocycles. The molecule has 5 rings (SSSR count). The summed E-state index contributed by atoms with van der Waals surface area (Å²) < 4.78 is 6.56. The highest BCUT2D eigenvalue weighted by Gasteiger charge is 2.49. The van der Waals surface area contributed by atoms with E-state index in [9.17, 15) is 0 Å². The van der Waals surface area contributed by atoms with E-state index < -0.39 is 5.62 Å². The number of amidine groups is 1. The van der Waals surface area contributed by atoms with Crippen LogP contribution < -0.4 is 10.6 Å². The van der Waals surface area contributed by atoms with Gasteiger partial charge in [-0.3, -0.25) is 0 Å². The van der Waals surface area contributed by atoms with Crippen molar-refractivity contribution >= 4 is 29.0 Å². The molecule has 8 atom stereocenters. The number of halogens is 2. The molecule has 25 heavy (non-hydrogen) atoms. The second-order valence-electron chi connectivity index (χ2n) is 8.07. The van der Waals surface area contributed by atoms with Crippen LogP contribution in [0.4, 0.5) is 0 Å². The Morgan fingerprint density at radius 1 is 1.08 bits per heavy atom. The first-order valence-corrected chi connectivity index (χ1v) is 10.5. The van der Waals surface area contributed by atoms with Crippen molar-refractivity contribution in [2.45, 2.75) is 62.0 Å². The van der Waals surface area contributed by atoms with Gasteiger partial charge in [-0.05, 0) is 55.9 Å². The van der Waals surface area contributed by atoms with Gasteiger partial charge in [0.25, 0.3) is 0 Å². The Hall–Kier alpha value is -0.550. The minimum atomic E-state index is -0.441. The van der Waals surface area contributed by atoms with Crippen LogP contribution in [0.25, 0.3) is 0 Å². The van der Waals surface area contributed by atoms with Crippen molar-refractivity contribution in [3.05, 3.63) is 23.8 Å². The van der Waals surface area contributed by atoms with E-state index in [0.29, 0.717) is 35.9 Å². The lowest BCUT2D eigenvalue weighted by molar-refractivity contribution is 0.000886. The molecule has 136 valence electrons. The molecule has 4 nitrogen and oxygen atoms in total. The molecule has 0 amide bonds. The standard InChI is InChI=1S/C19H25Cl2N3O/c20-18-22-17(23-19(21)24-18)12-5-6-13-14-7-10-3-1-2-4-11(10)8-16(14)25-15(13)9-12/h1,3,7,11-16,18-19,24H,2,4-6,8-9H2,(H,22,23). The van der Waals surface area contributed by atoms with Crippen LogP contribution in [0.5, 0.6) is 0 Å². The van der Waals surface area contributed by atoms with E-state index in [1.165, 1.54) is 25.7 Å². The first-order valence-electron chi connectivity index (χ1n) is 9.59. The van der Waals surface area contributed by atoms with E-state index in [4.69, 9.17) is 27.9 Å². The van der Waals surface area contributed by atoms with Gasteiger partial charge in [-0.2, -0.15) is 0 Å². The number of ether oxygens (including phenoxy) is 1. The van der Waals surface area contributed by atoms with Gasteiger partial charge in [-0.25, -0.2) is 10.3 Å². The lowest BCUT2D eigenvalue weighted by Gasteiger charge is -2.36. The van der Waals surface area contributed by atoms with Crippen molar-refractivity contribution in [1.82, 2.24) is 10.6 Å². The Morgan fingerprint density at radius 3 is 2.84 bits per heavy atom. The molecule has 2 aliphatic heterocycles. The Morgan fingerprint density at radius 2 is 1.96 bits per heavy atom. The summed E-state index contributed by atoms with van der Waals surface area (Å²) >= 11 is 12.3. The molecular formula is C19H25Cl2N3O. The average molecular weight is 382 g/mol. The van der Waals surface area contributed by atoms with Gasteiger partial charge < -0.3 is 10.1 Å². The van der Waals surface area contributed by atoms with Crippen LogP contribution in [-0.2, 0) is 4.74 Å². The van der Waals surface area contributed by atoms with Crippen LogP contribution in [0.2, 0.25) is 0 Å². The zero-order valence-corrected chi connectivity index (χ0v) is 15.7. The number of hydrogen-bond acceptors (Lipinski definition) is 4. The molecule has 0 aromatic rings. The summed E-state index contributed by atoms with van der Waals surface area (Å²) in [5, 5.41) is 6.19. The van der Waals surface area contributed by atoms with Gasteiger partial charge in [0, 0.05) is 11.8 Å². The maximum atomic E-state index is 6.56. The molecule has 1 saturated carbocycles. The van der Waals surface area contributed by atoms with Gasteiger partial charge in [-0.15, -0.1) is 0 Å². The third-order valence-corrected chi connectivity index (χ3v) is 7.14. The van der Waals surface area contributed by atoms with Crippen LogP contribution in [0, 0.1) is 23.7 Å². The summed E-state index contributed by atoms with van der Waals surface area (Å²) in [5.74, 6) is 3.30. The molecule has 0 spiro atoms. The lowest BCUT2D eigenvalue weighted by Crippen LogP contribution is -2.52. The SMILES string of the molecule is ClC1N=C(C2CCC3C(C2)OC2CC4CCC=CC4=CC23)NC(Cl)N1. The van der Waals surface area contributed by atoms with Crippen molar-refractivity contribution < 1.29 is 4.74 Å². The number of allylic oxidation sites excluding steroid dienone is 3. The van der Waals surface area contributed by atoms with Crippen LogP contribution in [-0.4, -0.2) is 29.3 Å². The van der Waals surface area contributed by atoms with E-state index in [1.54, 1.807) is 5.57 Å². The molecule has 1 saturated heterocycles. The highest BCUT2D eigenvalue weighted by atomic mass is 35.5. The quantitative estimate of drug-likeness (QED) is 0.537. The number of nitrogens with zero attached hydrogens (tertiary/aromatic N) is 1. The molecule has 2 N–H and O–H groups in total. The Bertz CT molecular complexity index is 634. The first kappa shape index (κ1) is 16.6. The Kier molecular flexibility index (Phi) is 4.36. The summed E-state index contributed by atoms with van der Waals surface area (Å²) in [4.78, 5) is 4.52. The molecule has 0 aromatic heterocycles. The molecule has 0 aromatic carbocycles. The molecule has 0 radical (unpaired) electrons. The van der Waals surface area contributed by atoms with Gasteiger partial charge >= 0.3 is 0 Å². The van der Waals surface area contributed by atoms with E-state index in [0.717, 1.165) is 18.7 Å². The van der Waals surface area contributed by atoms with Crippen LogP contribution in [0.15, 0.2) is 28.8 Å². The van der Waals surface area contributed by atoms with Gasteiger partial charge in [-0.1, -0.05) is 41.4 Å². The van der Waals surface area contributed by atoms with Crippen molar-refractivity contribution in [2.75, 3.05) is 0 Å². The molecule has 2 fully saturated rings. The second kappa shape index (κ2) is 6.56. The van der Waals surface area contributed by atoms with Crippen LogP contribution in [0.1, 0.15) is 38.5 Å². The van der Waals surface area contributed by atoms with Crippen molar-refractivity contribution in [3.8, 4) is 0 Å². The fourth-order valence-corrected chi connectivity index (χ4v) is 6.04. The van der Waals surface area contributed by atoms with E-state index in [-0.39, 0.29) is 5.62 Å². The zero-order valence-electron chi connectivity index (χ0n) is 14.2. The summed E-state index contributed by atoms with van der Waals surface area (Å²) in [5.41, 5.74) is 0.779. The van der Waals surface area contributed by atoms with Crippen molar-refractivity contribution in [3.63, 3.8) is 0 Å². The van der Waals surface area contributed by atoms with Crippen LogP contribution >= 0.6 is 23.2 Å². The van der Waals surface area contributed by atoms with Gasteiger partial charge in [0.05, 0.1) is 12.2 Å². The number of aliphatic imine (C=N–C) groups is 1. The monoisotopic (exact) mass is 381 g/mol.